The summed E-state index contributed by atoms with van der Waals surface area (Å²) in [6.45, 7) is 11.1. The monoisotopic (exact) mass is 226 g/mol. The van der Waals surface area contributed by atoms with Crippen LogP contribution in [0.3, 0.4) is 0 Å². The molecule has 0 aromatic carbocycles. The molecule has 0 unspecified atom stereocenters. The van der Waals surface area contributed by atoms with Gasteiger partial charge in [-0.1, -0.05) is 0 Å². The van der Waals surface area contributed by atoms with Crippen LogP contribution >= 0.6 is 0 Å². The standard InChI is InChI=1S/C11H22N4O/c1-8(2)15-9(6-12)13-14-10(15)7-16-11(3,4)5/h8H,6-7,12H2,1-5H3. The molecule has 0 aliphatic carbocycles. The van der Waals surface area contributed by atoms with E-state index in [0.717, 1.165) is 11.6 Å². The summed E-state index contributed by atoms with van der Waals surface area (Å²) in [5.41, 5.74) is 5.45. The Balaban J connectivity index is 2.84. The van der Waals surface area contributed by atoms with Gasteiger partial charge < -0.3 is 15.0 Å². The lowest BCUT2D eigenvalue weighted by Crippen LogP contribution is -2.21. The molecule has 1 rings (SSSR count). The van der Waals surface area contributed by atoms with Gasteiger partial charge in [0.15, 0.2) is 5.82 Å². The maximum absolute atomic E-state index is 5.70. The fourth-order valence-corrected chi connectivity index (χ4v) is 1.48. The SMILES string of the molecule is CC(C)n1c(CN)nnc1COC(C)(C)C. The summed E-state index contributed by atoms with van der Waals surface area (Å²) in [5, 5.41) is 8.18. The molecule has 0 fully saturated rings. The number of aromatic nitrogens is 3. The molecule has 1 aromatic heterocycles. The highest BCUT2D eigenvalue weighted by Crippen LogP contribution is 2.15. The molecule has 1 aromatic rings. The summed E-state index contributed by atoms with van der Waals surface area (Å²) < 4.78 is 7.73. The van der Waals surface area contributed by atoms with Crippen molar-refractivity contribution in [1.82, 2.24) is 14.8 Å². The van der Waals surface area contributed by atoms with Gasteiger partial charge in [0.1, 0.15) is 12.4 Å². The maximum atomic E-state index is 5.70. The van der Waals surface area contributed by atoms with E-state index in [9.17, 15) is 0 Å². The predicted octanol–water partition coefficient (Wildman–Crippen LogP) is 1.63. The summed E-state index contributed by atoms with van der Waals surface area (Å²) in [5.74, 6) is 1.65. The van der Waals surface area contributed by atoms with Crippen molar-refractivity contribution in [3.05, 3.63) is 11.6 Å². The Morgan fingerprint density at radius 3 is 2.25 bits per heavy atom. The Hall–Kier alpha value is -0.940. The average molecular weight is 226 g/mol. The first-order chi connectivity index (χ1) is 7.35. The van der Waals surface area contributed by atoms with Gasteiger partial charge in [0.05, 0.1) is 12.1 Å². The van der Waals surface area contributed by atoms with Crippen LogP contribution in [0.1, 0.15) is 52.3 Å². The molecule has 1 heterocycles. The fourth-order valence-electron chi connectivity index (χ4n) is 1.48. The summed E-state index contributed by atoms with van der Waals surface area (Å²) in [6, 6.07) is 0.298. The van der Waals surface area contributed by atoms with Crippen LogP contribution in [0.15, 0.2) is 0 Å². The zero-order valence-corrected chi connectivity index (χ0v) is 10.8. The van der Waals surface area contributed by atoms with Crippen molar-refractivity contribution in [2.75, 3.05) is 0 Å². The van der Waals surface area contributed by atoms with Gasteiger partial charge in [-0.15, -0.1) is 10.2 Å². The van der Waals surface area contributed by atoms with Crippen LogP contribution in [-0.2, 0) is 17.9 Å². The van der Waals surface area contributed by atoms with Gasteiger partial charge in [-0.3, -0.25) is 0 Å². The highest BCUT2D eigenvalue weighted by atomic mass is 16.5. The Morgan fingerprint density at radius 2 is 1.81 bits per heavy atom. The van der Waals surface area contributed by atoms with Crippen molar-refractivity contribution in [1.29, 1.82) is 0 Å². The Bertz CT molecular complexity index is 338. The molecule has 92 valence electrons. The van der Waals surface area contributed by atoms with Crippen LogP contribution in [0.5, 0.6) is 0 Å². The molecule has 0 aliphatic heterocycles. The second-order valence-electron chi connectivity index (χ2n) is 5.10. The normalized spacial score (nSPS) is 12.4. The predicted molar refractivity (Wildman–Crippen MR) is 62.8 cm³/mol. The first kappa shape index (κ1) is 13.1. The Labute approximate surface area is 97.0 Å². The van der Waals surface area contributed by atoms with Crippen molar-refractivity contribution in [3.8, 4) is 0 Å². The summed E-state index contributed by atoms with van der Waals surface area (Å²) in [4.78, 5) is 0. The van der Waals surface area contributed by atoms with E-state index in [-0.39, 0.29) is 5.60 Å². The largest absolute Gasteiger partial charge is 0.368 e. The maximum Gasteiger partial charge on any atom is 0.159 e. The molecule has 2 N–H and O–H groups in total. The second-order valence-corrected chi connectivity index (χ2v) is 5.10. The molecule has 0 atom stereocenters. The summed E-state index contributed by atoms with van der Waals surface area (Å²) in [6.07, 6.45) is 0. The highest BCUT2D eigenvalue weighted by Gasteiger charge is 2.17. The molecular weight excluding hydrogens is 204 g/mol. The van der Waals surface area contributed by atoms with E-state index in [1.54, 1.807) is 0 Å². The molecule has 0 bridgehead atoms. The zero-order chi connectivity index (χ0) is 12.3. The topological polar surface area (TPSA) is 66.0 Å². The van der Waals surface area contributed by atoms with Gasteiger partial charge >= 0.3 is 0 Å². The minimum atomic E-state index is -0.170. The zero-order valence-electron chi connectivity index (χ0n) is 10.8. The molecule has 0 radical (unpaired) electrons. The van der Waals surface area contributed by atoms with E-state index in [0.29, 0.717) is 19.2 Å². The molecule has 5 heteroatoms. The smallest absolute Gasteiger partial charge is 0.159 e. The molecule has 0 saturated heterocycles. The fraction of sp³-hybridized carbons (Fsp3) is 0.818. The van der Waals surface area contributed by atoms with Crippen molar-refractivity contribution < 1.29 is 4.74 Å². The summed E-state index contributed by atoms with van der Waals surface area (Å²) >= 11 is 0. The number of hydrogen-bond acceptors (Lipinski definition) is 4. The lowest BCUT2D eigenvalue weighted by atomic mass is 10.2. The number of ether oxygens (including phenoxy) is 1. The average Bonchev–Trinajstić information content (AvgIpc) is 2.56. The van der Waals surface area contributed by atoms with Gasteiger partial charge in [-0.2, -0.15) is 0 Å². The van der Waals surface area contributed by atoms with Crippen LogP contribution in [0.4, 0.5) is 0 Å². The third kappa shape index (κ3) is 3.28. The lowest BCUT2D eigenvalue weighted by Gasteiger charge is -2.20. The number of nitrogens with two attached hydrogens (primary N) is 1. The van der Waals surface area contributed by atoms with Crippen molar-refractivity contribution >= 4 is 0 Å². The van der Waals surface area contributed by atoms with Crippen LogP contribution in [-0.4, -0.2) is 20.4 Å². The Morgan fingerprint density at radius 1 is 1.25 bits per heavy atom. The van der Waals surface area contributed by atoms with E-state index in [2.05, 4.69) is 24.0 Å². The molecule has 0 saturated carbocycles. The van der Waals surface area contributed by atoms with Crippen molar-refractivity contribution in [3.63, 3.8) is 0 Å². The minimum absolute atomic E-state index is 0.170. The first-order valence-corrected chi connectivity index (χ1v) is 5.62. The second kappa shape index (κ2) is 4.93. The third-order valence-electron chi connectivity index (χ3n) is 2.17. The van der Waals surface area contributed by atoms with E-state index in [4.69, 9.17) is 10.5 Å². The van der Waals surface area contributed by atoms with E-state index >= 15 is 0 Å². The number of nitrogens with zero attached hydrogens (tertiary/aromatic N) is 3. The van der Waals surface area contributed by atoms with E-state index < -0.39 is 0 Å². The first-order valence-electron chi connectivity index (χ1n) is 5.62. The minimum Gasteiger partial charge on any atom is -0.368 e. The van der Waals surface area contributed by atoms with E-state index in [1.807, 2.05) is 25.3 Å². The van der Waals surface area contributed by atoms with Gasteiger partial charge in [-0.25, -0.2) is 0 Å². The van der Waals surface area contributed by atoms with Crippen molar-refractivity contribution in [2.45, 2.75) is 59.4 Å². The number of hydrogen-bond donors (Lipinski definition) is 1. The van der Waals surface area contributed by atoms with Crippen LogP contribution in [0.2, 0.25) is 0 Å². The molecule has 0 aliphatic rings. The van der Waals surface area contributed by atoms with Gasteiger partial charge in [0.25, 0.3) is 0 Å². The third-order valence-corrected chi connectivity index (χ3v) is 2.17. The van der Waals surface area contributed by atoms with Crippen LogP contribution in [0.25, 0.3) is 0 Å². The van der Waals surface area contributed by atoms with Crippen molar-refractivity contribution in [2.24, 2.45) is 5.73 Å². The molecule has 0 spiro atoms. The van der Waals surface area contributed by atoms with Gasteiger partial charge in [0.2, 0.25) is 0 Å². The molecule has 16 heavy (non-hydrogen) atoms. The Kier molecular flexibility index (Phi) is 4.04. The summed E-state index contributed by atoms with van der Waals surface area (Å²) in [7, 11) is 0. The van der Waals surface area contributed by atoms with Gasteiger partial charge in [0, 0.05) is 6.04 Å². The molecular formula is C11H22N4O. The van der Waals surface area contributed by atoms with Crippen LogP contribution in [0, 0.1) is 0 Å². The lowest BCUT2D eigenvalue weighted by molar-refractivity contribution is -0.0197. The molecule has 0 amide bonds. The van der Waals surface area contributed by atoms with Crippen LogP contribution < -0.4 is 5.73 Å². The van der Waals surface area contributed by atoms with E-state index in [1.165, 1.54) is 0 Å². The molecule has 5 nitrogen and oxygen atoms in total. The van der Waals surface area contributed by atoms with Gasteiger partial charge in [-0.05, 0) is 34.6 Å². The quantitative estimate of drug-likeness (QED) is 0.847. The highest BCUT2D eigenvalue weighted by molar-refractivity contribution is 4.96. The number of rotatable bonds is 4.